The van der Waals surface area contributed by atoms with Gasteiger partial charge in [-0.3, -0.25) is 0 Å². The molecule has 3 rings (SSSR count). The molecule has 0 radical (unpaired) electrons. The van der Waals surface area contributed by atoms with E-state index in [-0.39, 0.29) is 16.4 Å². The smallest absolute Gasteiger partial charge is 0.183 e. The Labute approximate surface area is 184 Å². The summed E-state index contributed by atoms with van der Waals surface area (Å²) in [6, 6.07) is 11.5. The molecule has 0 aliphatic carbocycles. The van der Waals surface area contributed by atoms with Crippen LogP contribution in [0.2, 0.25) is 0 Å². The van der Waals surface area contributed by atoms with Gasteiger partial charge in [-0.1, -0.05) is 19.1 Å². The molecule has 31 heavy (non-hydrogen) atoms. The highest BCUT2D eigenvalue weighted by atomic mass is 32.2. The molecule has 1 fully saturated rings. The molecule has 1 heterocycles. The predicted octanol–water partition coefficient (Wildman–Crippen LogP) is 2.04. The van der Waals surface area contributed by atoms with E-state index in [0.717, 1.165) is 17.5 Å². The summed E-state index contributed by atoms with van der Waals surface area (Å²) >= 11 is 0. The van der Waals surface area contributed by atoms with E-state index in [9.17, 15) is 16.8 Å². The summed E-state index contributed by atoms with van der Waals surface area (Å²) in [5, 5.41) is 2.15. The molecule has 2 aromatic carbocycles. The summed E-state index contributed by atoms with van der Waals surface area (Å²) in [5.41, 5.74) is 1.92. The first-order valence-electron chi connectivity index (χ1n) is 10.2. The van der Waals surface area contributed by atoms with Gasteiger partial charge in [0.05, 0.1) is 35.9 Å². The second kappa shape index (κ2) is 9.58. The Balaban J connectivity index is 1.76. The number of hydrogen-bond donors (Lipinski definition) is 1. The lowest BCUT2D eigenvalue weighted by atomic mass is 10.1. The van der Waals surface area contributed by atoms with E-state index < -0.39 is 31.0 Å². The van der Waals surface area contributed by atoms with Crippen LogP contribution in [0.25, 0.3) is 0 Å². The van der Waals surface area contributed by atoms with E-state index in [1.807, 2.05) is 13.0 Å². The largest absolute Gasteiger partial charge is 0.497 e. The summed E-state index contributed by atoms with van der Waals surface area (Å²) in [5.74, 6) is 0.821. The van der Waals surface area contributed by atoms with E-state index in [1.165, 1.54) is 0 Å². The van der Waals surface area contributed by atoms with Crippen LogP contribution in [0.3, 0.4) is 0 Å². The molecule has 2 aromatic rings. The van der Waals surface area contributed by atoms with E-state index >= 15 is 0 Å². The van der Waals surface area contributed by atoms with Gasteiger partial charge in [-0.05, 0) is 60.8 Å². The quantitative estimate of drug-likeness (QED) is 0.602. The molecule has 0 saturated carbocycles. The van der Waals surface area contributed by atoms with Gasteiger partial charge in [0.25, 0.3) is 0 Å². The van der Waals surface area contributed by atoms with Crippen molar-refractivity contribution >= 4 is 19.7 Å². The Morgan fingerprint density at radius 2 is 1.74 bits per heavy atom. The molecule has 1 N–H and O–H groups in total. The maximum Gasteiger partial charge on any atom is 0.183 e. The average Bonchev–Trinajstić information content (AvgIpc) is 3.08. The Morgan fingerprint density at radius 3 is 2.35 bits per heavy atom. The van der Waals surface area contributed by atoms with Gasteiger partial charge in [0.15, 0.2) is 19.7 Å². The second-order valence-electron chi connectivity index (χ2n) is 7.65. The molecule has 0 unspecified atom stereocenters. The van der Waals surface area contributed by atoms with Crippen molar-refractivity contribution in [2.45, 2.75) is 36.0 Å². The first-order valence-corrected chi connectivity index (χ1v) is 13.5. The van der Waals surface area contributed by atoms with Crippen molar-refractivity contribution in [2.75, 3.05) is 32.3 Å². The fourth-order valence-corrected chi connectivity index (χ4v) is 8.59. The lowest BCUT2D eigenvalue weighted by Gasteiger charge is -2.20. The van der Waals surface area contributed by atoms with Crippen molar-refractivity contribution in [3.8, 4) is 11.5 Å². The van der Waals surface area contributed by atoms with Crippen LogP contribution in [0.1, 0.15) is 18.1 Å². The molecule has 0 amide bonds. The van der Waals surface area contributed by atoms with Gasteiger partial charge in [0.1, 0.15) is 11.5 Å². The van der Waals surface area contributed by atoms with Crippen LogP contribution in [0, 0.1) is 0 Å². The van der Waals surface area contributed by atoms with Crippen LogP contribution < -0.4 is 14.8 Å². The van der Waals surface area contributed by atoms with Gasteiger partial charge >= 0.3 is 0 Å². The number of ether oxygens (including phenoxy) is 2. The molecular formula is C22H29NO6S2. The first kappa shape index (κ1) is 23.6. The second-order valence-corrected chi connectivity index (χ2v) is 12.0. The lowest BCUT2D eigenvalue weighted by Crippen LogP contribution is -2.44. The molecule has 2 atom stereocenters. The first-order chi connectivity index (χ1) is 14.7. The fraction of sp³-hybridized carbons (Fsp3) is 0.455. The number of rotatable bonds is 9. The minimum atomic E-state index is -3.79. The number of nitrogens with one attached hydrogen (secondary N) is 1. The fourth-order valence-electron chi connectivity index (χ4n) is 3.87. The normalized spacial score (nSPS) is 20.5. The third-order valence-corrected chi connectivity index (χ3v) is 9.81. The van der Waals surface area contributed by atoms with Gasteiger partial charge in [0.2, 0.25) is 0 Å². The van der Waals surface area contributed by atoms with Crippen molar-refractivity contribution in [3.05, 3.63) is 53.6 Å². The molecule has 0 spiro atoms. The summed E-state index contributed by atoms with van der Waals surface area (Å²) < 4.78 is 61.7. The maximum absolute atomic E-state index is 13.2. The SMILES string of the molecule is CCc1ccc(S(=O)(=O)[C@@H]2CS(=O)(=O)C[C@H]2NCCc2cc(OC)ccc2OC)cc1. The number of sulfone groups is 2. The van der Waals surface area contributed by atoms with Crippen molar-refractivity contribution in [1.82, 2.24) is 5.32 Å². The molecule has 170 valence electrons. The Bertz CT molecular complexity index is 1110. The van der Waals surface area contributed by atoms with Crippen molar-refractivity contribution < 1.29 is 26.3 Å². The Hall–Kier alpha value is -2.10. The van der Waals surface area contributed by atoms with Crippen LogP contribution in [0.5, 0.6) is 11.5 Å². The highest BCUT2D eigenvalue weighted by Gasteiger charge is 2.45. The van der Waals surface area contributed by atoms with E-state index in [1.54, 1.807) is 50.6 Å². The van der Waals surface area contributed by atoms with Crippen molar-refractivity contribution in [2.24, 2.45) is 0 Å². The van der Waals surface area contributed by atoms with Crippen molar-refractivity contribution in [3.63, 3.8) is 0 Å². The summed E-state index contributed by atoms with van der Waals surface area (Å²) in [6.07, 6.45) is 1.34. The van der Waals surface area contributed by atoms with Crippen LogP contribution in [0.15, 0.2) is 47.4 Å². The summed E-state index contributed by atoms with van der Waals surface area (Å²) in [6.45, 7) is 2.40. The molecule has 1 aliphatic rings. The summed E-state index contributed by atoms with van der Waals surface area (Å²) in [4.78, 5) is 0.160. The van der Waals surface area contributed by atoms with Crippen LogP contribution >= 0.6 is 0 Å². The highest BCUT2D eigenvalue weighted by Crippen LogP contribution is 2.27. The predicted molar refractivity (Wildman–Crippen MR) is 120 cm³/mol. The van der Waals surface area contributed by atoms with E-state index in [2.05, 4.69) is 5.32 Å². The number of benzene rings is 2. The molecule has 7 nitrogen and oxygen atoms in total. The van der Waals surface area contributed by atoms with Crippen molar-refractivity contribution in [1.29, 1.82) is 0 Å². The topological polar surface area (TPSA) is 98.8 Å². The van der Waals surface area contributed by atoms with Crippen LogP contribution in [-0.4, -0.2) is 60.4 Å². The van der Waals surface area contributed by atoms with Gasteiger partial charge in [-0.2, -0.15) is 0 Å². The highest BCUT2D eigenvalue weighted by molar-refractivity contribution is 7.96. The minimum absolute atomic E-state index is 0.160. The Morgan fingerprint density at radius 1 is 1.03 bits per heavy atom. The van der Waals surface area contributed by atoms with E-state index in [0.29, 0.717) is 24.5 Å². The van der Waals surface area contributed by atoms with Gasteiger partial charge in [-0.25, -0.2) is 16.8 Å². The molecule has 0 bridgehead atoms. The maximum atomic E-state index is 13.2. The zero-order valence-corrected chi connectivity index (χ0v) is 19.6. The standard InChI is InChI=1S/C22H29NO6S2/c1-4-16-5-8-19(9-6-16)31(26,27)22-15-30(24,25)14-20(22)23-12-11-17-13-18(28-2)7-10-21(17)29-3/h5-10,13,20,22-23H,4,11-12,14-15H2,1-3H3/t20-,22-/m1/s1. The minimum Gasteiger partial charge on any atom is -0.497 e. The average molecular weight is 468 g/mol. The van der Waals surface area contributed by atoms with E-state index in [4.69, 9.17) is 9.47 Å². The molecule has 1 saturated heterocycles. The van der Waals surface area contributed by atoms with Gasteiger partial charge in [0, 0.05) is 6.04 Å². The lowest BCUT2D eigenvalue weighted by molar-refractivity contribution is 0.398. The van der Waals surface area contributed by atoms with Gasteiger partial charge in [-0.15, -0.1) is 0 Å². The monoisotopic (exact) mass is 467 g/mol. The zero-order chi connectivity index (χ0) is 22.6. The van der Waals surface area contributed by atoms with Crippen LogP contribution in [-0.2, 0) is 32.5 Å². The zero-order valence-electron chi connectivity index (χ0n) is 18.0. The number of hydrogen-bond acceptors (Lipinski definition) is 7. The molecule has 1 aliphatic heterocycles. The third kappa shape index (κ3) is 5.39. The van der Waals surface area contributed by atoms with Gasteiger partial charge < -0.3 is 14.8 Å². The summed E-state index contributed by atoms with van der Waals surface area (Å²) in [7, 11) is -4.09. The third-order valence-electron chi connectivity index (χ3n) is 5.65. The molecular weight excluding hydrogens is 438 g/mol. The Kier molecular flexibility index (Phi) is 7.28. The molecule has 0 aromatic heterocycles. The molecule has 9 heteroatoms. The number of methoxy groups -OCH3 is 2. The number of aryl methyl sites for hydroxylation is 1. The van der Waals surface area contributed by atoms with Crippen LogP contribution in [0.4, 0.5) is 0 Å².